The van der Waals surface area contributed by atoms with Crippen LogP contribution in [0, 0.1) is 23.6 Å². The van der Waals surface area contributed by atoms with E-state index in [-0.39, 0.29) is 11.9 Å². The van der Waals surface area contributed by atoms with Crippen LogP contribution in [0.4, 0.5) is 13.2 Å². The Hall–Kier alpha value is -1.03. The summed E-state index contributed by atoms with van der Waals surface area (Å²) in [5.41, 5.74) is 1.02. The third-order valence-corrected chi connectivity index (χ3v) is 6.34. The molecule has 4 heteroatoms. The van der Waals surface area contributed by atoms with E-state index in [1.54, 1.807) is 12.1 Å². The molecule has 0 atom stereocenters. The summed E-state index contributed by atoms with van der Waals surface area (Å²) in [6.45, 7) is 2.14. The summed E-state index contributed by atoms with van der Waals surface area (Å²) in [6, 6.07) is 6.73. The summed E-state index contributed by atoms with van der Waals surface area (Å²) in [6.07, 6.45) is 4.78. The van der Waals surface area contributed by atoms with Gasteiger partial charge in [0.2, 0.25) is 0 Å². The number of hydrogen-bond donors (Lipinski definition) is 0. The average Bonchev–Trinajstić information content (AvgIpc) is 2.61. The van der Waals surface area contributed by atoms with Crippen molar-refractivity contribution < 1.29 is 17.9 Å². The van der Waals surface area contributed by atoms with Crippen molar-refractivity contribution in [3.05, 3.63) is 35.6 Å². The molecule has 0 bridgehead atoms. The Morgan fingerprint density at radius 2 is 1.69 bits per heavy atom. The fourth-order valence-corrected chi connectivity index (χ4v) is 4.52. The Labute approximate surface area is 155 Å². The molecule has 0 aromatic heterocycles. The summed E-state index contributed by atoms with van der Waals surface area (Å²) in [7, 11) is 0. The van der Waals surface area contributed by atoms with E-state index in [2.05, 4.69) is 6.92 Å². The number of rotatable bonds is 6. The van der Waals surface area contributed by atoms with Gasteiger partial charge >= 0.3 is 6.11 Å². The molecule has 0 saturated heterocycles. The molecule has 0 aliphatic heterocycles. The molecule has 0 N–H and O–H groups in total. The Kier molecular flexibility index (Phi) is 6.65. The van der Waals surface area contributed by atoms with E-state index in [4.69, 9.17) is 4.74 Å². The molecular weight excluding hydrogens is 337 g/mol. The quantitative estimate of drug-likeness (QED) is 0.539. The predicted molar refractivity (Wildman–Crippen MR) is 97.6 cm³/mol. The number of benzene rings is 1. The summed E-state index contributed by atoms with van der Waals surface area (Å²) >= 11 is 0. The van der Waals surface area contributed by atoms with Crippen LogP contribution in [0.1, 0.15) is 70.3 Å². The van der Waals surface area contributed by atoms with Gasteiger partial charge in [-0.1, -0.05) is 31.9 Å². The zero-order chi connectivity index (χ0) is 18.6. The normalized spacial score (nSPS) is 30.3. The predicted octanol–water partition coefficient (Wildman–Crippen LogP) is 6.75. The first kappa shape index (κ1) is 19.7. The molecule has 1 aromatic carbocycles. The van der Waals surface area contributed by atoms with E-state index >= 15 is 0 Å². The molecule has 2 saturated carbocycles. The van der Waals surface area contributed by atoms with Crippen LogP contribution < -0.4 is 0 Å². The number of halogens is 3. The van der Waals surface area contributed by atoms with E-state index in [0.29, 0.717) is 37.5 Å². The van der Waals surface area contributed by atoms with Gasteiger partial charge in [0, 0.05) is 0 Å². The first-order valence-electron chi connectivity index (χ1n) is 10.2. The largest absolute Gasteiger partial charge is 0.358 e. The molecule has 1 nitrogen and oxygen atoms in total. The second-order valence-electron chi connectivity index (χ2n) is 8.45. The minimum Gasteiger partial charge on any atom is -0.317 e. The molecule has 0 heterocycles. The number of hydrogen-bond acceptors (Lipinski definition) is 1. The zero-order valence-corrected chi connectivity index (χ0v) is 15.7. The topological polar surface area (TPSA) is 9.23 Å². The van der Waals surface area contributed by atoms with E-state index < -0.39 is 12.0 Å². The van der Waals surface area contributed by atoms with Crippen molar-refractivity contribution in [1.82, 2.24) is 0 Å². The van der Waals surface area contributed by atoms with Gasteiger partial charge in [-0.05, 0) is 80.9 Å². The van der Waals surface area contributed by atoms with E-state index in [9.17, 15) is 13.2 Å². The molecule has 2 aliphatic rings. The van der Waals surface area contributed by atoms with Gasteiger partial charge in [-0.15, -0.1) is 0 Å². The first-order valence-corrected chi connectivity index (χ1v) is 10.2. The van der Waals surface area contributed by atoms with Crippen LogP contribution in [0.3, 0.4) is 0 Å². The van der Waals surface area contributed by atoms with Crippen molar-refractivity contribution in [2.45, 2.75) is 83.3 Å². The SMILES string of the molecule is CC1CCC(C(F)(F)OC2CCC(CCc3cccc(F)c3)CC2)CC1. The maximum Gasteiger partial charge on any atom is 0.358 e. The van der Waals surface area contributed by atoms with Gasteiger partial charge in [0.05, 0.1) is 12.0 Å². The summed E-state index contributed by atoms with van der Waals surface area (Å²) < 4.78 is 47.5. The molecule has 0 radical (unpaired) electrons. The van der Waals surface area contributed by atoms with Crippen LogP contribution in [0.15, 0.2) is 24.3 Å². The smallest absolute Gasteiger partial charge is 0.317 e. The molecule has 0 unspecified atom stereocenters. The molecule has 0 amide bonds. The highest BCUT2D eigenvalue weighted by Gasteiger charge is 2.44. The Bertz CT molecular complexity index is 558. The van der Waals surface area contributed by atoms with Crippen molar-refractivity contribution in [3.63, 3.8) is 0 Å². The summed E-state index contributed by atoms with van der Waals surface area (Å²) in [5, 5.41) is 0. The van der Waals surface area contributed by atoms with Gasteiger partial charge in [-0.2, -0.15) is 8.78 Å². The van der Waals surface area contributed by atoms with Crippen LogP contribution in [-0.2, 0) is 11.2 Å². The lowest BCUT2D eigenvalue weighted by atomic mass is 9.81. The van der Waals surface area contributed by atoms with Crippen LogP contribution in [0.25, 0.3) is 0 Å². The van der Waals surface area contributed by atoms with Crippen LogP contribution >= 0.6 is 0 Å². The first-order chi connectivity index (χ1) is 12.4. The highest BCUT2D eigenvalue weighted by atomic mass is 19.3. The summed E-state index contributed by atoms with van der Waals surface area (Å²) in [5.74, 6) is 0.293. The highest BCUT2D eigenvalue weighted by molar-refractivity contribution is 5.16. The van der Waals surface area contributed by atoms with Crippen molar-refractivity contribution in [2.24, 2.45) is 17.8 Å². The highest BCUT2D eigenvalue weighted by Crippen LogP contribution is 2.42. The van der Waals surface area contributed by atoms with Crippen molar-refractivity contribution >= 4 is 0 Å². The number of ether oxygens (including phenoxy) is 1. The lowest BCUT2D eigenvalue weighted by Gasteiger charge is -2.36. The second-order valence-corrected chi connectivity index (χ2v) is 8.45. The zero-order valence-electron chi connectivity index (χ0n) is 15.7. The molecule has 0 spiro atoms. The van der Waals surface area contributed by atoms with Gasteiger partial charge < -0.3 is 4.74 Å². The standard InChI is InChI=1S/C22H31F3O/c1-16-5-11-19(12-6-16)22(24,25)26-21-13-9-17(10-14-21)7-8-18-3-2-4-20(23)15-18/h2-4,15-17,19,21H,5-14H2,1H3. The Morgan fingerprint density at radius 1 is 1.00 bits per heavy atom. The lowest BCUT2D eigenvalue weighted by molar-refractivity contribution is -0.301. The van der Waals surface area contributed by atoms with Crippen molar-refractivity contribution in [3.8, 4) is 0 Å². The van der Waals surface area contributed by atoms with E-state index in [0.717, 1.165) is 44.1 Å². The maximum atomic E-state index is 14.5. The monoisotopic (exact) mass is 368 g/mol. The Morgan fingerprint density at radius 3 is 2.35 bits per heavy atom. The van der Waals surface area contributed by atoms with E-state index in [1.165, 1.54) is 6.07 Å². The van der Waals surface area contributed by atoms with Crippen LogP contribution in [-0.4, -0.2) is 12.2 Å². The van der Waals surface area contributed by atoms with Crippen LogP contribution in [0.2, 0.25) is 0 Å². The number of aryl methyl sites for hydroxylation is 1. The minimum absolute atomic E-state index is 0.195. The van der Waals surface area contributed by atoms with Gasteiger partial charge in [0.1, 0.15) is 5.82 Å². The molecule has 2 fully saturated rings. The molecule has 26 heavy (non-hydrogen) atoms. The minimum atomic E-state index is -2.97. The van der Waals surface area contributed by atoms with Gasteiger partial charge in [-0.3, -0.25) is 0 Å². The van der Waals surface area contributed by atoms with Crippen molar-refractivity contribution in [1.29, 1.82) is 0 Å². The average molecular weight is 368 g/mol. The Balaban J connectivity index is 1.40. The van der Waals surface area contributed by atoms with Gasteiger partial charge in [0.25, 0.3) is 0 Å². The fraction of sp³-hybridized carbons (Fsp3) is 0.727. The van der Waals surface area contributed by atoms with Gasteiger partial charge in [0.15, 0.2) is 0 Å². The number of alkyl halides is 2. The molecule has 1 aromatic rings. The third-order valence-electron chi connectivity index (χ3n) is 6.34. The van der Waals surface area contributed by atoms with Gasteiger partial charge in [-0.25, -0.2) is 4.39 Å². The maximum absolute atomic E-state index is 14.5. The summed E-state index contributed by atoms with van der Waals surface area (Å²) in [4.78, 5) is 0. The fourth-order valence-electron chi connectivity index (χ4n) is 4.52. The van der Waals surface area contributed by atoms with Crippen LogP contribution in [0.5, 0.6) is 0 Å². The molecular formula is C22H31F3O. The van der Waals surface area contributed by atoms with Crippen molar-refractivity contribution in [2.75, 3.05) is 0 Å². The molecule has 146 valence electrons. The van der Waals surface area contributed by atoms with E-state index in [1.807, 2.05) is 6.07 Å². The molecule has 2 aliphatic carbocycles. The lowest BCUT2D eigenvalue weighted by Crippen LogP contribution is -2.38. The third kappa shape index (κ3) is 5.48. The second kappa shape index (κ2) is 8.77. The molecule has 3 rings (SSSR count).